The van der Waals surface area contributed by atoms with E-state index in [1.54, 1.807) is 6.26 Å². The Hall–Kier alpha value is -0.280. The fourth-order valence-corrected chi connectivity index (χ4v) is 3.74. The highest BCUT2D eigenvalue weighted by Gasteiger charge is 2.32. The summed E-state index contributed by atoms with van der Waals surface area (Å²) in [6.45, 7) is 8.09. The van der Waals surface area contributed by atoms with Gasteiger partial charge in [-0.15, -0.1) is 0 Å². The van der Waals surface area contributed by atoms with E-state index in [0.29, 0.717) is 6.04 Å². The van der Waals surface area contributed by atoms with E-state index < -0.39 is 0 Å². The SMILES string of the molecule is CCCNC(c1ccoc1Br)C1CCC(C)C(C)C1. The highest BCUT2D eigenvalue weighted by molar-refractivity contribution is 9.10. The van der Waals surface area contributed by atoms with E-state index >= 15 is 0 Å². The minimum absolute atomic E-state index is 0.433. The summed E-state index contributed by atoms with van der Waals surface area (Å²) >= 11 is 3.55. The molecule has 2 rings (SSSR count). The molecule has 1 N–H and O–H groups in total. The molecule has 0 radical (unpaired) electrons. The molecule has 1 aromatic heterocycles. The average molecular weight is 328 g/mol. The Labute approximate surface area is 125 Å². The summed E-state index contributed by atoms with van der Waals surface area (Å²) in [5, 5.41) is 3.73. The lowest BCUT2D eigenvalue weighted by molar-refractivity contribution is 0.170. The lowest BCUT2D eigenvalue weighted by Gasteiger charge is -2.37. The van der Waals surface area contributed by atoms with Gasteiger partial charge in [0.2, 0.25) is 0 Å². The quantitative estimate of drug-likeness (QED) is 0.808. The van der Waals surface area contributed by atoms with Gasteiger partial charge in [0.1, 0.15) is 0 Å². The van der Waals surface area contributed by atoms with Gasteiger partial charge in [0.15, 0.2) is 4.67 Å². The molecule has 2 nitrogen and oxygen atoms in total. The Morgan fingerprint density at radius 3 is 2.74 bits per heavy atom. The molecule has 1 saturated carbocycles. The molecule has 4 unspecified atom stereocenters. The summed E-state index contributed by atoms with van der Waals surface area (Å²) in [7, 11) is 0. The zero-order valence-electron chi connectivity index (χ0n) is 12.3. The van der Waals surface area contributed by atoms with Gasteiger partial charge in [-0.3, -0.25) is 0 Å². The second-order valence-electron chi connectivity index (χ2n) is 6.11. The molecule has 0 saturated heterocycles. The van der Waals surface area contributed by atoms with Crippen molar-refractivity contribution < 1.29 is 4.42 Å². The molecule has 3 heteroatoms. The van der Waals surface area contributed by atoms with Gasteiger partial charge >= 0.3 is 0 Å². The molecule has 1 aromatic rings. The lowest BCUT2D eigenvalue weighted by Crippen LogP contribution is -2.33. The van der Waals surface area contributed by atoms with Crippen molar-refractivity contribution in [3.05, 3.63) is 22.6 Å². The van der Waals surface area contributed by atoms with Crippen LogP contribution in [0, 0.1) is 17.8 Å². The first kappa shape index (κ1) is 15.1. The van der Waals surface area contributed by atoms with Crippen LogP contribution in [0.15, 0.2) is 21.4 Å². The van der Waals surface area contributed by atoms with Crippen molar-refractivity contribution in [2.45, 2.75) is 52.5 Å². The largest absolute Gasteiger partial charge is 0.457 e. The minimum Gasteiger partial charge on any atom is -0.457 e. The standard InChI is InChI=1S/C16H26BrNO/c1-4-8-18-15(14-7-9-19-16(14)17)13-6-5-11(2)12(3)10-13/h7,9,11-13,15,18H,4-6,8,10H2,1-3H3. The van der Waals surface area contributed by atoms with Gasteiger partial charge in [-0.05, 0) is 65.6 Å². The third-order valence-electron chi connectivity index (χ3n) is 4.71. The number of rotatable bonds is 5. The highest BCUT2D eigenvalue weighted by atomic mass is 79.9. The molecule has 1 fully saturated rings. The van der Waals surface area contributed by atoms with Crippen molar-refractivity contribution in [3.63, 3.8) is 0 Å². The first-order valence-corrected chi connectivity index (χ1v) is 8.39. The van der Waals surface area contributed by atoms with Crippen molar-refractivity contribution >= 4 is 15.9 Å². The van der Waals surface area contributed by atoms with E-state index in [1.807, 2.05) is 0 Å². The van der Waals surface area contributed by atoms with E-state index in [0.717, 1.165) is 29.0 Å². The number of halogens is 1. The van der Waals surface area contributed by atoms with Crippen molar-refractivity contribution in [1.29, 1.82) is 0 Å². The zero-order valence-corrected chi connectivity index (χ0v) is 13.9. The van der Waals surface area contributed by atoms with Crippen LogP contribution < -0.4 is 5.32 Å². The van der Waals surface area contributed by atoms with Crippen LogP contribution in [0.4, 0.5) is 0 Å². The monoisotopic (exact) mass is 327 g/mol. The first-order chi connectivity index (χ1) is 9.13. The number of hydrogen-bond donors (Lipinski definition) is 1. The molecule has 0 amide bonds. The van der Waals surface area contributed by atoms with Gasteiger partial charge in [0.05, 0.1) is 6.26 Å². The average Bonchev–Trinajstić information content (AvgIpc) is 2.80. The predicted molar refractivity (Wildman–Crippen MR) is 83.1 cm³/mol. The molecule has 19 heavy (non-hydrogen) atoms. The topological polar surface area (TPSA) is 25.2 Å². The zero-order chi connectivity index (χ0) is 13.8. The van der Waals surface area contributed by atoms with Gasteiger partial charge in [-0.1, -0.05) is 27.2 Å². The molecule has 1 heterocycles. The molecular weight excluding hydrogens is 302 g/mol. The maximum absolute atomic E-state index is 5.44. The third-order valence-corrected chi connectivity index (χ3v) is 5.35. The van der Waals surface area contributed by atoms with Crippen LogP contribution in [0.3, 0.4) is 0 Å². The molecule has 1 aliphatic carbocycles. The van der Waals surface area contributed by atoms with Gasteiger partial charge in [0.25, 0.3) is 0 Å². The molecule has 108 valence electrons. The van der Waals surface area contributed by atoms with Crippen LogP contribution >= 0.6 is 15.9 Å². The van der Waals surface area contributed by atoms with Gasteiger partial charge in [-0.2, -0.15) is 0 Å². The van der Waals surface area contributed by atoms with Gasteiger partial charge in [-0.25, -0.2) is 0 Å². The minimum atomic E-state index is 0.433. The summed E-state index contributed by atoms with van der Waals surface area (Å²) in [6.07, 6.45) is 6.95. The molecule has 0 spiro atoms. The van der Waals surface area contributed by atoms with Gasteiger partial charge < -0.3 is 9.73 Å². The van der Waals surface area contributed by atoms with Gasteiger partial charge in [0, 0.05) is 11.6 Å². The second kappa shape index (κ2) is 6.94. The smallest absolute Gasteiger partial charge is 0.173 e. The molecular formula is C16H26BrNO. The first-order valence-electron chi connectivity index (χ1n) is 7.59. The summed E-state index contributed by atoms with van der Waals surface area (Å²) < 4.78 is 6.34. The van der Waals surface area contributed by atoms with E-state index in [9.17, 15) is 0 Å². The van der Waals surface area contributed by atoms with E-state index in [-0.39, 0.29) is 0 Å². The predicted octanol–water partition coefficient (Wildman–Crippen LogP) is 5.16. The number of hydrogen-bond acceptors (Lipinski definition) is 2. The lowest BCUT2D eigenvalue weighted by atomic mass is 9.72. The molecule has 1 aliphatic rings. The summed E-state index contributed by atoms with van der Waals surface area (Å²) in [4.78, 5) is 0. The molecule has 0 bridgehead atoms. The fraction of sp³-hybridized carbons (Fsp3) is 0.750. The number of furan rings is 1. The maximum Gasteiger partial charge on any atom is 0.173 e. The Balaban J connectivity index is 2.11. The summed E-state index contributed by atoms with van der Waals surface area (Å²) in [6, 6.07) is 2.54. The van der Waals surface area contributed by atoms with Crippen molar-refractivity contribution in [2.24, 2.45) is 17.8 Å². The Bertz CT molecular complexity index is 390. The third kappa shape index (κ3) is 3.63. The van der Waals surface area contributed by atoms with Crippen LogP contribution in [0.5, 0.6) is 0 Å². The normalized spacial score (nSPS) is 29.4. The van der Waals surface area contributed by atoms with Crippen molar-refractivity contribution in [1.82, 2.24) is 5.32 Å². The van der Waals surface area contributed by atoms with Crippen LogP contribution in [-0.4, -0.2) is 6.54 Å². The highest BCUT2D eigenvalue weighted by Crippen LogP contribution is 2.41. The van der Waals surface area contributed by atoms with Crippen molar-refractivity contribution in [3.8, 4) is 0 Å². The summed E-state index contributed by atoms with van der Waals surface area (Å²) in [5.74, 6) is 2.43. The molecule has 0 aromatic carbocycles. The Kier molecular flexibility index (Phi) is 5.52. The fourth-order valence-electron chi connectivity index (χ4n) is 3.25. The Morgan fingerprint density at radius 2 is 2.16 bits per heavy atom. The van der Waals surface area contributed by atoms with E-state index in [2.05, 4.69) is 48.1 Å². The van der Waals surface area contributed by atoms with Crippen LogP contribution in [0.25, 0.3) is 0 Å². The second-order valence-corrected chi connectivity index (χ2v) is 6.83. The van der Waals surface area contributed by atoms with Crippen LogP contribution in [0.1, 0.15) is 58.1 Å². The van der Waals surface area contributed by atoms with Crippen LogP contribution in [-0.2, 0) is 0 Å². The number of nitrogens with one attached hydrogen (secondary N) is 1. The van der Waals surface area contributed by atoms with Crippen molar-refractivity contribution in [2.75, 3.05) is 6.54 Å². The Morgan fingerprint density at radius 1 is 1.37 bits per heavy atom. The maximum atomic E-state index is 5.44. The van der Waals surface area contributed by atoms with E-state index in [4.69, 9.17) is 4.42 Å². The molecule has 0 aliphatic heterocycles. The van der Waals surface area contributed by atoms with Crippen LogP contribution in [0.2, 0.25) is 0 Å². The summed E-state index contributed by atoms with van der Waals surface area (Å²) in [5.41, 5.74) is 1.29. The molecule has 4 atom stereocenters. The van der Waals surface area contributed by atoms with E-state index in [1.165, 1.54) is 31.2 Å².